The van der Waals surface area contributed by atoms with Crippen LogP contribution in [0.3, 0.4) is 0 Å². The SMILES string of the molecule is O=C(/C=C/c1ccc2c(c1)OCO2)NCC1CCN(C(=O)c2cc3ccccc3o2)CC1. The van der Waals surface area contributed by atoms with Crippen molar-refractivity contribution in [2.24, 2.45) is 5.92 Å². The van der Waals surface area contributed by atoms with E-state index < -0.39 is 0 Å². The number of hydrogen-bond acceptors (Lipinski definition) is 5. The summed E-state index contributed by atoms with van der Waals surface area (Å²) in [6.45, 7) is 2.13. The zero-order valence-electron chi connectivity index (χ0n) is 17.6. The van der Waals surface area contributed by atoms with E-state index in [9.17, 15) is 9.59 Å². The second kappa shape index (κ2) is 8.78. The molecule has 0 atom stereocenters. The van der Waals surface area contributed by atoms with Crippen LogP contribution in [0.1, 0.15) is 29.0 Å². The highest BCUT2D eigenvalue weighted by molar-refractivity contribution is 5.96. The molecule has 2 aliphatic rings. The van der Waals surface area contributed by atoms with E-state index in [4.69, 9.17) is 13.9 Å². The lowest BCUT2D eigenvalue weighted by atomic mass is 9.96. The fourth-order valence-electron chi connectivity index (χ4n) is 4.08. The van der Waals surface area contributed by atoms with Crippen molar-refractivity contribution in [3.05, 3.63) is 65.9 Å². The average Bonchev–Trinajstić information content (AvgIpc) is 3.47. The minimum Gasteiger partial charge on any atom is -0.454 e. The second-order valence-electron chi connectivity index (χ2n) is 8.08. The maximum Gasteiger partial charge on any atom is 0.289 e. The molecule has 1 N–H and O–H groups in total. The Bertz CT molecular complexity index is 1140. The molecule has 3 aromatic rings. The van der Waals surface area contributed by atoms with E-state index in [1.54, 1.807) is 12.1 Å². The number of piperidine rings is 1. The third-order valence-electron chi connectivity index (χ3n) is 5.93. The second-order valence-corrected chi connectivity index (χ2v) is 8.08. The first kappa shape index (κ1) is 20.2. The van der Waals surface area contributed by atoms with Crippen LogP contribution >= 0.6 is 0 Å². The molecule has 2 amide bonds. The summed E-state index contributed by atoms with van der Waals surface area (Å²) in [4.78, 5) is 26.8. The Kier molecular flexibility index (Phi) is 5.54. The Hall–Kier alpha value is -3.74. The number of carbonyl (C=O) groups excluding carboxylic acids is 2. The molecule has 0 unspecified atom stereocenters. The van der Waals surface area contributed by atoms with Gasteiger partial charge in [-0.05, 0) is 54.7 Å². The van der Waals surface area contributed by atoms with Gasteiger partial charge >= 0.3 is 0 Å². The zero-order valence-corrected chi connectivity index (χ0v) is 17.6. The molecule has 1 saturated heterocycles. The van der Waals surface area contributed by atoms with Gasteiger partial charge in [0.05, 0.1) is 0 Å². The fraction of sp³-hybridized carbons (Fsp3) is 0.280. The maximum absolute atomic E-state index is 12.8. The van der Waals surface area contributed by atoms with E-state index in [1.165, 1.54) is 6.08 Å². The standard InChI is InChI=1S/C25H24N2O5/c28-24(8-6-17-5-7-21-22(13-17)31-16-30-21)26-15-18-9-11-27(12-10-18)25(29)23-14-19-3-1-2-4-20(19)32-23/h1-8,13-14,18H,9-12,15-16H2,(H,26,28)/b8-6+. The molecular weight excluding hydrogens is 408 g/mol. The lowest BCUT2D eigenvalue weighted by Gasteiger charge is -2.31. The molecule has 32 heavy (non-hydrogen) atoms. The number of rotatable bonds is 5. The predicted octanol–water partition coefficient (Wildman–Crippen LogP) is 3.84. The minimum atomic E-state index is -0.136. The number of nitrogens with one attached hydrogen (secondary N) is 1. The largest absolute Gasteiger partial charge is 0.454 e. The number of likely N-dealkylation sites (tertiary alicyclic amines) is 1. The van der Waals surface area contributed by atoms with Crippen LogP contribution in [0.15, 0.2) is 59.0 Å². The molecule has 7 nitrogen and oxygen atoms in total. The summed E-state index contributed by atoms with van der Waals surface area (Å²) in [6.07, 6.45) is 4.97. The van der Waals surface area contributed by atoms with Gasteiger partial charge in [-0.25, -0.2) is 0 Å². The quantitative estimate of drug-likeness (QED) is 0.620. The van der Waals surface area contributed by atoms with Gasteiger partial charge in [-0.15, -0.1) is 0 Å². The van der Waals surface area contributed by atoms with Crippen LogP contribution in [-0.4, -0.2) is 43.1 Å². The van der Waals surface area contributed by atoms with Gasteiger partial charge in [0.15, 0.2) is 17.3 Å². The van der Waals surface area contributed by atoms with E-state index in [1.807, 2.05) is 47.4 Å². The van der Waals surface area contributed by atoms with Crippen LogP contribution in [0.2, 0.25) is 0 Å². The first-order valence-corrected chi connectivity index (χ1v) is 10.8. The van der Waals surface area contributed by atoms with Crippen molar-refractivity contribution in [3.63, 3.8) is 0 Å². The Morgan fingerprint density at radius 1 is 1.03 bits per heavy atom. The van der Waals surface area contributed by atoms with Gasteiger partial charge in [0.1, 0.15) is 5.58 Å². The van der Waals surface area contributed by atoms with Crippen LogP contribution in [-0.2, 0) is 4.79 Å². The number of carbonyl (C=O) groups is 2. The molecule has 1 aromatic heterocycles. The molecule has 3 heterocycles. The van der Waals surface area contributed by atoms with Crippen LogP contribution in [0.25, 0.3) is 17.0 Å². The van der Waals surface area contributed by atoms with Crippen molar-refractivity contribution in [1.82, 2.24) is 10.2 Å². The number of ether oxygens (including phenoxy) is 2. The highest BCUT2D eigenvalue weighted by atomic mass is 16.7. The average molecular weight is 432 g/mol. The van der Waals surface area contributed by atoms with Gasteiger partial charge in [0.25, 0.3) is 5.91 Å². The zero-order chi connectivity index (χ0) is 21.9. The summed E-state index contributed by atoms with van der Waals surface area (Å²) in [5, 5.41) is 3.90. The predicted molar refractivity (Wildman–Crippen MR) is 119 cm³/mol. The minimum absolute atomic E-state index is 0.0738. The van der Waals surface area contributed by atoms with Gasteiger partial charge in [-0.2, -0.15) is 0 Å². The maximum atomic E-state index is 12.8. The van der Waals surface area contributed by atoms with Crippen LogP contribution < -0.4 is 14.8 Å². The van der Waals surface area contributed by atoms with Crippen molar-refractivity contribution in [2.45, 2.75) is 12.8 Å². The van der Waals surface area contributed by atoms with Crippen LogP contribution in [0, 0.1) is 5.92 Å². The van der Waals surface area contributed by atoms with Crippen molar-refractivity contribution in [3.8, 4) is 11.5 Å². The summed E-state index contributed by atoms with van der Waals surface area (Å²) in [5.74, 6) is 1.93. The molecular formula is C25H24N2O5. The third kappa shape index (κ3) is 4.32. The molecule has 0 bridgehead atoms. The molecule has 0 spiro atoms. The highest BCUT2D eigenvalue weighted by Gasteiger charge is 2.25. The van der Waals surface area contributed by atoms with E-state index in [0.29, 0.717) is 37.1 Å². The van der Waals surface area contributed by atoms with Gasteiger partial charge in [0.2, 0.25) is 12.7 Å². The van der Waals surface area contributed by atoms with Gasteiger partial charge in [-0.3, -0.25) is 9.59 Å². The van der Waals surface area contributed by atoms with Gasteiger partial charge in [-0.1, -0.05) is 24.3 Å². The van der Waals surface area contributed by atoms with E-state index in [0.717, 1.165) is 35.1 Å². The summed E-state index contributed by atoms with van der Waals surface area (Å²) in [5.41, 5.74) is 1.60. The van der Waals surface area contributed by atoms with Crippen molar-refractivity contribution < 1.29 is 23.5 Å². The fourth-order valence-corrected chi connectivity index (χ4v) is 4.08. The number of fused-ring (bicyclic) bond motifs is 2. The number of para-hydroxylation sites is 1. The lowest BCUT2D eigenvalue weighted by molar-refractivity contribution is -0.116. The van der Waals surface area contributed by atoms with Crippen LogP contribution in [0.5, 0.6) is 11.5 Å². The number of benzene rings is 2. The van der Waals surface area contributed by atoms with Gasteiger partial charge in [0, 0.05) is 31.1 Å². The van der Waals surface area contributed by atoms with Crippen molar-refractivity contribution >= 4 is 28.9 Å². The first-order chi connectivity index (χ1) is 15.7. The molecule has 2 aliphatic heterocycles. The molecule has 1 fully saturated rings. The summed E-state index contributed by atoms with van der Waals surface area (Å²) < 4.78 is 16.3. The first-order valence-electron chi connectivity index (χ1n) is 10.8. The van der Waals surface area contributed by atoms with Crippen LogP contribution in [0.4, 0.5) is 0 Å². The molecule has 5 rings (SSSR count). The van der Waals surface area contributed by atoms with E-state index in [2.05, 4.69) is 5.32 Å². The number of nitrogens with zero attached hydrogens (tertiary/aromatic N) is 1. The topological polar surface area (TPSA) is 81.0 Å². The van der Waals surface area contributed by atoms with E-state index >= 15 is 0 Å². The molecule has 0 aliphatic carbocycles. The van der Waals surface area contributed by atoms with E-state index in [-0.39, 0.29) is 18.6 Å². The molecule has 164 valence electrons. The Labute approximate surface area is 185 Å². The molecule has 0 radical (unpaired) electrons. The van der Waals surface area contributed by atoms with Gasteiger partial charge < -0.3 is 24.1 Å². The summed E-state index contributed by atoms with van der Waals surface area (Å²) >= 11 is 0. The van der Waals surface area contributed by atoms with Crippen molar-refractivity contribution in [2.75, 3.05) is 26.4 Å². The smallest absolute Gasteiger partial charge is 0.289 e. The number of furan rings is 1. The lowest BCUT2D eigenvalue weighted by Crippen LogP contribution is -2.41. The molecule has 7 heteroatoms. The van der Waals surface area contributed by atoms with Crippen molar-refractivity contribution in [1.29, 1.82) is 0 Å². The Balaban J connectivity index is 1.08. The Morgan fingerprint density at radius 2 is 1.84 bits per heavy atom. The third-order valence-corrected chi connectivity index (χ3v) is 5.93. The summed E-state index contributed by atoms with van der Waals surface area (Å²) in [6, 6.07) is 15.0. The monoisotopic (exact) mass is 432 g/mol. The number of amides is 2. The Morgan fingerprint density at radius 3 is 2.69 bits per heavy atom. The molecule has 2 aromatic carbocycles. The normalized spacial score (nSPS) is 16.1. The highest BCUT2D eigenvalue weighted by Crippen LogP contribution is 2.32. The summed E-state index contributed by atoms with van der Waals surface area (Å²) in [7, 11) is 0. The number of hydrogen-bond donors (Lipinski definition) is 1. The molecule has 0 saturated carbocycles.